The average Bonchev–Trinajstić information content (AvgIpc) is 2.92. The number of aromatic nitrogens is 2. The van der Waals surface area contributed by atoms with E-state index >= 15 is 0 Å². The molecule has 0 radical (unpaired) electrons. The van der Waals surface area contributed by atoms with Crippen molar-refractivity contribution < 1.29 is 4.52 Å². The van der Waals surface area contributed by atoms with Crippen LogP contribution in [0.5, 0.6) is 0 Å². The van der Waals surface area contributed by atoms with E-state index in [1.54, 1.807) is 0 Å². The molecule has 0 saturated heterocycles. The zero-order valence-electron chi connectivity index (χ0n) is 10.8. The van der Waals surface area contributed by atoms with Crippen molar-refractivity contribution in [3.8, 4) is 22.8 Å². The van der Waals surface area contributed by atoms with Crippen LogP contribution in [0.15, 0.2) is 51.5 Å². The summed E-state index contributed by atoms with van der Waals surface area (Å²) >= 11 is 3.50. The molecular formula is C15H12BrN3O. The van der Waals surface area contributed by atoms with Crippen LogP contribution in [0, 0.1) is 6.92 Å². The normalized spacial score (nSPS) is 10.7. The maximum Gasteiger partial charge on any atom is 0.258 e. The highest BCUT2D eigenvalue weighted by molar-refractivity contribution is 9.10. The molecule has 0 fully saturated rings. The van der Waals surface area contributed by atoms with Gasteiger partial charge in [0, 0.05) is 21.3 Å². The molecule has 3 rings (SSSR count). The number of rotatable bonds is 2. The molecule has 1 aromatic heterocycles. The van der Waals surface area contributed by atoms with E-state index in [9.17, 15) is 0 Å². The zero-order chi connectivity index (χ0) is 14.1. The van der Waals surface area contributed by atoms with E-state index in [2.05, 4.69) is 26.1 Å². The van der Waals surface area contributed by atoms with Crippen molar-refractivity contribution in [2.75, 3.05) is 5.73 Å². The quantitative estimate of drug-likeness (QED) is 0.720. The minimum Gasteiger partial charge on any atom is -0.399 e. The summed E-state index contributed by atoms with van der Waals surface area (Å²) in [6.07, 6.45) is 0. The minimum atomic E-state index is 0.510. The Bertz CT molecular complexity index is 750. The lowest BCUT2D eigenvalue weighted by molar-refractivity contribution is 0.432. The van der Waals surface area contributed by atoms with Crippen LogP contribution in [0.1, 0.15) is 5.56 Å². The molecule has 2 N–H and O–H groups in total. The van der Waals surface area contributed by atoms with Gasteiger partial charge in [0.1, 0.15) is 0 Å². The maximum atomic E-state index is 5.67. The fourth-order valence-corrected chi connectivity index (χ4v) is 2.29. The van der Waals surface area contributed by atoms with E-state index in [0.717, 1.165) is 21.2 Å². The summed E-state index contributed by atoms with van der Waals surface area (Å²) in [4.78, 5) is 4.44. The van der Waals surface area contributed by atoms with Crippen LogP contribution in [0.4, 0.5) is 5.69 Å². The van der Waals surface area contributed by atoms with Gasteiger partial charge in [-0.05, 0) is 48.9 Å². The van der Waals surface area contributed by atoms with Gasteiger partial charge in [-0.1, -0.05) is 27.2 Å². The topological polar surface area (TPSA) is 64.9 Å². The molecule has 20 heavy (non-hydrogen) atoms. The van der Waals surface area contributed by atoms with Gasteiger partial charge < -0.3 is 10.3 Å². The second kappa shape index (κ2) is 5.09. The fourth-order valence-electron chi connectivity index (χ4n) is 1.92. The van der Waals surface area contributed by atoms with E-state index < -0.39 is 0 Å². The van der Waals surface area contributed by atoms with Gasteiger partial charge >= 0.3 is 0 Å². The number of anilines is 1. The highest BCUT2D eigenvalue weighted by Crippen LogP contribution is 2.29. The summed E-state index contributed by atoms with van der Waals surface area (Å²) in [5.41, 5.74) is 9.25. The number of nitrogens with two attached hydrogens (primary N) is 1. The van der Waals surface area contributed by atoms with Gasteiger partial charge in [0.25, 0.3) is 5.89 Å². The largest absolute Gasteiger partial charge is 0.399 e. The average molecular weight is 330 g/mol. The molecule has 100 valence electrons. The fraction of sp³-hybridized carbons (Fsp3) is 0.0667. The van der Waals surface area contributed by atoms with Crippen molar-refractivity contribution in [1.29, 1.82) is 0 Å². The zero-order valence-corrected chi connectivity index (χ0v) is 12.4. The molecule has 0 amide bonds. The summed E-state index contributed by atoms with van der Waals surface area (Å²) in [6, 6.07) is 13.3. The second-order valence-electron chi connectivity index (χ2n) is 4.46. The van der Waals surface area contributed by atoms with Crippen molar-refractivity contribution in [1.82, 2.24) is 10.1 Å². The number of halogens is 1. The minimum absolute atomic E-state index is 0.510. The van der Waals surface area contributed by atoms with Crippen LogP contribution in [0.25, 0.3) is 22.8 Å². The highest BCUT2D eigenvalue weighted by Gasteiger charge is 2.13. The first-order valence-corrected chi connectivity index (χ1v) is 6.89. The summed E-state index contributed by atoms with van der Waals surface area (Å²) in [6.45, 7) is 2.01. The molecule has 0 aliphatic heterocycles. The van der Waals surface area contributed by atoms with Crippen LogP contribution in [0.2, 0.25) is 0 Å². The summed E-state index contributed by atoms with van der Waals surface area (Å²) in [7, 11) is 0. The molecule has 1 heterocycles. The maximum absolute atomic E-state index is 5.67. The van der Waals surface area contributed by atoms with Crippen LogP contribution in [-0.4, -0.2) is 10.1 Å². The molecule has 0 unspecified atom stereocenters. The van der Waals surface area contributed by atoms with Gasteiger partial charge in [0.15, 0.2) is 0 Å². The first-order valence-electron chi connectivity index (χ1n) is 6.10. The summed E-state index contributed by atoms with van der Waals surface area (Å²) in [5.74, 6) is 1.06. The van der Waals surface area contributed by atoms with Gasteiger partial charge in [-0.25, -0.2) is 0 Å². The van der Waals surface area contributed by atoms with E-state index in [1.165, 1.54) is 0 Å². The van der Waals surface area contributed by atoms with E-state index in [-0.39, 0.29) is 0 Å². The Hall–Kier alpha value is -2.14. The first-order chi connectivity index (χ1) is 9.65. The third-order valence-electron chi connectivity index (χ3n) is 3.09. The van der Waals surface area contributed by atoms with Crippen LogP contribution < -0.4 is 5.73 Å². The van der Waals surface area contributed by atoms with Crippen molar-refractivity contribution in [3.63, 3.8) is 0 Å². The third-order valence-corrected chi connectivity index (χ3v) is 3.95. The molecule has 0 saturated carbocycles. The molecule has 0 spiro atoms. The molecule has 0 aliphatic carbocycles. The Kier molecular flexibility index (Phi) is 3.28. The Labute approximate surface area is 124 Å². The number of nitrogens with zero attached hydrogens (tertiary/aromatic N) is 2. The molecule has 0 bridgehead atoms. The molecule has 0 aliphatic rings. The van der Waals surface area contributed by atoms with Gasteiger partial charge in [0.05, 0.1) is 0 Å². The van der Waals surface area contributed by atoms with Gasteiger partial charge in [-0.3, -0.25) is 0 Å². The summed E-state index contributed by atoms with van der Waals surface area (Å²) < 4.78 is 6.37. The smallest absolute Gasteiger partial charge is 0.258 e. The predicted octanol–water partition coefficient (Wildman–Crippen LogP) is 4.06. The van der Waals surface area contributed by atoms with Crippen molar-refractivity contribution in [2.24, 2.45) is 0 Å². The van der Waals surface area contributed by atoms with Crippen LogP contribution in [-0.2, 0) is 0 Å². The molecule has 0 atom stereocenters. The Morgan fingerprint density at radius 2 is 1.85 bits per heavy atom. The lowest BCUT2D eigenvalue weighted by Gasteiger charge is -2.01. The third kappa shape index (κ3) is 2.32. The monoisotopic (exact) mass is 329 g/mol. The van der Waals surface area contributed by atoms with Crippen molar-refractivity contribution >= 4 is 21.6 Å². The number of benzene rings is 2. The lowest BCUT2D eigenvalue weighted by atomic mass is 10.1. The predicted molar refractivity (Wildman–Crippen MR) is 82.0 cm³/mol. The second-order valence-corrected chi connectivity index (χ2v) is 5.31. The van der Waals surface area contributed by atoms with Gasteiger partial charge in [-0.15, -0.1) is 0 Å². The molecule has 2 aromatic carbocycles. The van der Waals surface area contributed by atoms with E-state index in [1.807, 2.05) is 49.4 Å². The number of hydrogen-bond donors (Lipinski definition) is 1. The Morgan fingerprint density at radius 3 is 2.60 bits per heavy atom. The molecular weight excluding hydrogens is 318 g/mol. The van der Waals surface area contributed by atoms with Crippen molar-refractivity contribution in [2.45, 2.75) is 6.92 Å². The number of hydrogen-bond acceptors (Lipinski definition) is 4. The van der Waals surface area contributed by atoms with Gasteiger partial charge in [-0.2, -0.15) is 4.98 Å². The van der Waals surface area contributed by atoms with E-state index in [4.69, 9.17) is 10.3 Å². The van der Waals surface area contributed by atoms with Crippen molar-refractivity contribution in [3.05, 3.63) is 52.5 Å². The summed E-state index contributed by atoms with van der Waals surface area (Å²) in [5, 5.41) is 4.02. The van der Waals surface area contributed by atoms with Crippen LogP contribution >= 0.6 is 15.9 Å². The number of nitrogen functional groups attached to an aromatic ring is 1. The Balaban J connectivity index is 2.02. The lowest BCUT2D eigenvalue weighted by Crippen LogP contribution is -1.86. The van der Waals surface area contributed by atoms with Gasteiger partial charge in [0.2, 0.25) is 5.82 Å². The molecule has 3 aromatic rings. The first kappa shape index (κ1) is 12.9. The van der Waals surface area contributed by atoms with E-state index in [0.29, 0.717) is 17.4 Å². The molecule has 4 nitrogen and oxygen atoms in total. The van der Waals surface area contributed by atoms with Crippen LogP contribution in [0.3, 0.4) is 0 Å². The SMILES string of the molecule is Cc1c(Br)cccc1-c1nc(-c2ccc(N)cc2)no1. The molecule has 5 heteroatoms. The standard InChI is InChI=1S/C15H12BrN3O/c1-9-12(3-2-4-13(9)16)15-18-14(19-20-15)10-5-7-11(17)8-6-10/h2-8H,17H2,1H3. The highest BCUT2D eigenvalue weighted by atomic mass is 79.9. The Morgan fingerprint density at radius 1 is 1.10 bits per heavy atom.